The summed E-state index contributed by atoms with van der Waals surface area (Å²) in [4.78, 5) is 19.2. The summed E-state index contributed by atoms with van der Waals surface area (Å²) in [5, 5.41) is 33.1. The molecule has 0 aliphatic carbocycles. The van der Waals surface area contributed by atoms with Crippen LogP contribution in [0.3, 0.4) is 0 Å². The lowest BCUT2D eigenvalue weighted by Gasteiger charge is -1.89. The molecule has 0 heterocycles. The van der Waals surface area contributed by atoms with Gasteiger partial charge in [0.05, 0.1) is 0 Å². The first-order chi connectivity index (χ1) is 10.3. The van der Waals surface area contributed by atoms with Crippen LogP contribution in [0.5, 0.6) is 11.5 Å². The van der Waals surface area contributed by atoms with Gasteiger partial charge in [-0.3, -0.25) is 0 Å². The highest BCUT2D eigenvalue weighted by Crippen LogP contribution is 2.14. The molecule has 0 bridgehead atoms. The summed E-state index contributed by atoms with van der Waals surface area (Å²) in [7, 11) is 0. The Balaban J connectivity index is 0. The number of hydrogen-bond donors (Lipinski definition) is 4. The molecule has 0 saturated heterocycles. The SMILES string of the molecule is C=CC=CC(=O)O.C=CC=CC(=O)O.Oc1cccc(O)c1. The second kappa shape index (κ2) is 14.1. The minimum Gasteiger partial charge on any atom is -0.508 e. The number of hydrogen-bond acceptors (Lipinski definition) is 4. The van der Waals surface area contributed by atoms with Crippen LogP contribution in [-0.2, 0) is 9.59 Å². The van der Waals surface area contributed by atoms with Crippen molar-refractivity contribution >= 4 is 11.9 Å². The monoisotopic (exact) mass is 306 g/mol. The zero-order valence-electron chi connectivity index (χ0n) is 11.8. The molecule has 0 aromatic heterocycles. The number of carboxylic acid groups (broad SMARTS) is 2. The summed E-state index contributed by atoms with van der Waals surface area (Å²) < 4.78 is 0. The quantitative estimate of drug-likeness (QED) is 0.502. The largest absolute Gasteiger partial charge is 0.508 e. The third-order valence-electron chi connectivity index (χ3n) is 1.58. The van der Waals surface area contributed by atoms with E-state index in [9.17, 15) is 9.59 Å². The Kier molecular flexibility index (Phi) is 13.5. The molecular formula is C16H18O6. The number of aliphatic carboxylic acids is 2. The molecule has 0 aliphatic heterocycles. The van der Waals surface area contributed by atoms with Crippen molar-refractivity contribution in [2.45, 2.75) is 0 Å². The van der Waals surface area contributed by atoms with Gasteiger partial charge in [0.15, 0.2) is 0 Å². The fraction of sp³-hybridized carbons (Fsp3) is 0. The summed E-state index contributed by atoms with van der Waals surface area (Å²) in [5.74, 6) is -1.71. The second-order valence-corrected chi connectivity index (χ2v) is 3.39. The lowest BCUT2D eigenvalue weighted by molar-refractivity contribution is -0.132. The fourth-order valence-corrected chi connectivity index (χ4v) is 0.794. The minimum atomic E-state index is -0.945. The number of phenolic OH excluding ortho intramolecular Hbond substituents is 2. The highest BCUT2D eigenvalue weighted by Gasteiger charge is 1.85. The van der Waals surface area contributed by atoms with Crippen LogP contribution in [-0.4, -0.2) is 32.4 Å². The lowest BCUT2D eigenvalue weighted by atomic mass is 10.3. The number of phenols is 2. The maximum absolute atomic E-state index is 9.62. The highest BCUT2D eigenvalue weighted by atomic mass is 16.4. The van der Waals surface area contributed by atoms with Crippen LogP contribution in [0.4, 0.5) is 0 Å². The standard InChI is InChI=1S/C6H6O2.2C5H6O2/c7-5-2-1-3-6(8)4-5;2*1-2-3-4-5(6)7/h1-4,7-8H;2*2-4H,1H2,(H,6,7). The maximum atomic E-state index is 9.62. The first kappa shape index (κ1) is 21.0. The van der Waals surface area contributed by atoms with Crippen molar-refractivity contribution in [1.82, 2.24) is 0 Å². The highest BCUT2D eigenvalue weighted by molar-refractivity contribution is 5.80. The van der Waals surface area contributed by atoms with Crippen molar-refractivity contribution in [3.8, 4) is 11.5 Å². The molecule has 1 aromatic rings. The van der Waals surface area contributed by atoms with Gasteiger partial charge in [0.1, 0.15) is 11.5 Å². The van der Waals surface area contributed by atoms with Gasteiger partial charge in [-0.2, -0.15) is 0 Å². The maximum Gasteiger partial charge on any atom is 0.328 e. The van der Waals surface area contributed by atoms with Crippen LogP contribution in [0.15, 0.2) is 73.9 Å². The van der Waals surface area contributed by atoms with Crippen LogP contribution < -0.4 is 0 Å². The van der Waals surface area contributed by atoms with Crippen molar-refractivity contribution < 1.29 is 30.0 Å². The van der Waals surface area contributed by atoms with Gasteiger partial charge in [-0.15, -0.1) is 0 Å². The van der Waals surface area contributed by atoms with E-state index in [1.165, 1.54) is 42.5 Å². The Morgan fingerprint density at radius 2 is 1.23 bits per heavy atom. The molecule has 0 spiro atoms. The third kappa shape index (κ3) is 19.1. The molecule has 6 nitrogen and oxygen atoms in total. The Morgan fingerprint density at radius 1 is 0.864 bits per heavy atom. The summed E-state index contributed by atoms with van der Waals surface area (Å²) in [6.07, 6.45) is 7.59. The number of allylic oxidation sites excluding steroid dienone is 4. The number of aromatic hydroxyl groups is 2. The number of carboxylic acids is 2. The molecule has 0 radical (unpaired) electrons. The molecule has 0 amide bonds. The van der Waals surface area contributed by atoms with E-state index in [2.05, 4.69) is 13.2 Å². The van der Waals surface area contributed by atoms with Crippen LogP contribution in [0.25, 0.3) is 0 Å². The number of benzene rings is 1. The number of rotatable bonds is 4. The Hall–Kier alpha value is -3.28. The van der Waals surface area contributed by atoms with Crippen LogP contribution in [0.1, 0.15) is 0 Å². The zero-order chi connectivity index (χ0) is 17.4. The van der Waals surface area contributed by atoms with Gasteiger partial charge < -0.3 is 20.4 Å². The fourth-order valence-electron chi connectivity index (χ4n) is 0.794. The number of carbonyl (C=O) groups is 2. The third-order valence-corrected chi connectivity index (χ3v) is 1.58. The molecule has 0 saturated carbocycles. The van der Waals surface area contributed by atoms with E-state index < -0.39 is 11.9 Å². The van der Waals surface area contributed by atoms with E-state index >= 15 is 0 Å². The van der Waals surface area contributed by atoms with Crippen LogP contribution in [0.2, 0.25) is 0 Å². The normalized spacial score (nSPS) is 9.09. The summed E-state index contributed by atoms with van der Waals surface area (Å²) >= 11 is 0. The molecule has 0 atom stereocenters. The summed E-state index contributed by atoms with van der Waals surface area (Å²) in [6.45, 7) is 6.56. The topological polar surface area (TPSA) is 115 Å². The molecule has 118 valence electrons. The summed E-state index contributed by atoms with van der Waals surface area (Å²) in [6, 6.07) is 5.85. The molecule has 0 aliphatic rings. The van der Waals surface area contributed by atoms with Gasteiger partial charge in [-0.25, -0.2) is 9.59 Å². The Labute approximate surface area is 128 Å². The first-order valence-electron chi connectivity index (χ1n) is 5.85. The molecule has 4 N–H and O–H groups in total. The van der Waals surface area contributed by atoms with Crippen molar-refractivity contribution in [2.24, 2.45) is 0 Å². The van der Waals surface area contributed by atoms with E-state index in [1.54, 1.807) is 6.07 Å². The van der Waals surface area contributed by atoms with E-state index in [1.807, 2.05) is 0 Å². The lowest BCUT2D eigenvalue weighted by Crippen LogP contribution is -1.83. The van der Waals surface area contributed by atoms with Crippen molar-refractivity contribution in [2.75, 3.05) is 0 Å². The van der Waals surface area contributed by atoms with E-state index in [0.717, 1.165) is 12.2 Å². The predicted octanol–water partition coefficient (Wildman–Crippen LogP) is 2.72. The Morgan fingerprint density at radius 3 is 1.36 bits per heavy atom. The molecule has 0 unspecified atom stereocenters. The molecular weight excluding hydrogens is 288 g/mol. The zero-order valence-corrected chi connectivity index (χ0v) is 11.8. The minimum absolute atomic E-state index is 0.0880. The van der Waals surface area contributed by atoms with E-state index in [-0.39, 0.29) is 11.5 Å². The van der Waals surface area contributed by atoms with E-state index in [4.69, 9.17) is 20.4 Å². The van der Waals surface area contributed by atoms with Crippen LogP contribution in [0, 0.1) is 0 Å². The molecule has 6 heteroatoms. The van der Waals surface area contributed by atoms with E-state index in [0.29, 0.717) is 0 Å². The van der Waals surface area contributed by atoms with Crippen molar-refractivity contribution in [3.05, 3.63) is 73.9 Å². The van der Waals surface area contributed by atoms with Gasteiger partial charge >= 0.3 is 11.9 Å². The molecule has 22 heavy (non-hydrogen) atoms. The second-order valence-electron chi connectivity index (χ2n) is 3.39. The van der Waals surface area contributed by atoms with Gasteiger partial charge in [0.2, 0.25) is 0 Å². The van der Waals surface area contributed by atoms with Gasteiger partial charge in [0, 0.05) is 18.2 Å². The average Bonchev–Trinajstić information content (AvgIpc) is 2.44. The first-order valence-corrected chi connectivity index (χ1v) is 5.85. The predicted molar refractivity (Wildman–Crippen MR) is 83.7 cm³/mol. The Bertz CT molecular complexity index is 498. The molecule has 1 rings (SSSR count). The van der Waals surface area contributed by atoms with Crippen molar-refractivity contribution in [3.63, 3.8) is 0 Å². The van der Waals surface area contributed by atoms with Gasteiger partial charge in [0.25, 0.3) is 0 Å². The molecule has 0 fully saturated rings. The average molecular weight is 306 g/mol. The van der Waals surface area contributed by atoms with Crippen molar-refractivity contribution in [1.29, 1.82) is 0 Å². The van der Waals surface area contributed by atoms with Gasteiger partial charge in [-0.05, 0) is 12.1 Å². The summed E-state index contributed by atoms with van der Waals surface area (Å²) in [5.41, 5.74) is 0. The molecule has 1 aromatic carbocycles. The van der Waals surface area contributed by atoms with Gasteiger partial charge in [-0.1, -0.05) is 43.5 Å². The smallest absolute Gasteiger partial charge is 0.328 e. The van der Waals surface area contributed by atoms with Crippen LogP contribution >= 0.6 is 0 Å².